The zero-order valence-corrected chi connectivity index (χ0v) is 12.4. The van der Waals surface area contributed by atoms with Crippen molar-refractivity contribution in [3.63, 3.8) is 0 Å². The molecule has 0 aromatic carbocycles. The van der Waals surface area contributed by atoms with Crippen LogP contribution in [0, 0.1) is 28.1 Å². The molecule has 0 N–H and O–H groups in total. The van der Waals surface area contributed by atoms with Crippen molar-refractivity contribution in [1.82, 2.24) is 0 Å². The van der Waals surface area contributed by atoms with E-state index in [9.17, 15) is 10.1 Å². The summed E-state index contributed by atoms with van der Waals surface area (Å²) in [4.78, 5) is 12.3. The van der Waals surface area contributed by atoms with Gasteiger partial charge < -0.3 is 0 Å². The zero-order valence-electron chi connectivity index (χ0n) is 11.5. The first kappa shape index (κ1) is 13.0. The molecular weight excluding hydrogens is 230 g/mol. The first-order valence-electron chi connectivity index (χ1n) is 6.18. The number of rotatable bonds is 0. The summed E-state index contributed by atoms with van der Waals surface area (Å²) < 4.78 is -0.120. The molecule has 1 saturated carbocycles. The fourth-order valence-corrected chi connectivity index (χ4v) is 6.38. The normalized spacial score (nSPS) is 35.4. The quantitative estimate of drug-likeness (QED) is 0.662. The SMILES string of the molecule is CC1(C)C[C@@H](C#N)C2(S1)C(C)(C)C(=O)C2(C)C. The molecule has 2 fully saturated rings. The van der Waals surface area contributed by atoms with Crippen molar-refractivity contribution < 1.29 is 4.79 Å². The highest BCUT2D eigenvalue weighted by atomic mass is 32.2. The van der Waals surface area contributed by atoms with Gasteiger partial charge in [-0.2, -0.15) is 5.26 Å². The topological polar surface area (TPSA) is 40.9 Å². The van der Waals surface area contributed by atoms with Gasteiger partial charge in [-0.25, -0.2) is 0 Å². The molecule has 94 valence electrons. The van der Waals surface area contributed by atoms with Crippen molar-refractivity contribution in [3.05, 3.63) is 0 Å². The van der Waals surface area contributed by atoms with Gasteiger partial charge in [0.15, 0.2) is 0 Å². The predicted octanol–water partition coefficient (Wildman–Crippen LogP) is 3.42. The lowest BCUT2D eigenvalue weighted by Crippen LogP contribution is -2.73. The summed E-state index contributed by atoms with van der Waals surface area (Å²) in [6, 6.07) is 2.47. The molecule has 1 spiro atoms. The molecule has 1 atom stereocenters. The van der Waals surface area contributed by atoms with E-state index in [0.29, 0.717) is 5.78 Å². The van der Waals surface area contributed by atoms with Gasteiger partial charge >= 0.3 is 0 Å². The van der Waals surface area contributed by atoms with Crippen molar-refractivity contribution >= 4 is 17.5 Å². The Morgan fingerprint density at radius 3 is 2.06 bits per heavy atom. The van der Waals surface area contributed by atoms with Crippen molar-refractivity contribution in [2.24, 2.45) is 16.7 Å². The third-order valence-electron chi connectivity index (χ3n) is 4.77. The minimum absolute atomic E-state index is 0.0230. The Bertz CT molecular complexity index is 410. The molecule has 2 nitrogen and oxygen atoms in total. The summed E-state index contributed by atoms with van der Waals surface area (Å²) in [5.74, 6) is 0.278. The molecule has 0 aromatic heterocycles. The summed E-state index contributed by atoms with van der Waals surface area (Å²) in [6.45, 7) is 12.4. The van der Waals surface area contributed by atoms with Crippen LogP contribution >= 0.6 is 11.8 Å². The van der Waals surface area contributed by atoms with Gasteiger partial charge in [0.05, 0.1) is 16.7 Å². The molecule has 2 aliphatic rings. The summed E-state index contributed by atoms with van der Waals surface area (Å²) in [5.41, 5.74) is -0.759. The van der Waals surface area contributed by atoms with Gasteiger partial charge in [0, 0.05) is 15.6 Å². The second-order valence-corrected chi connectivity index (χ2v) is 9.02. The smallest absolute Gasteiger partial charge is 0.146 e. The van der Waals surface area contributed by atoms with Crippen LogP contribution in [0.15, 0.2) is 0 Å². The van der Waals surface area contributed by atoms with Crippen LogP contribution < -0.4 is 0 Å². The van der Waals surface area contributed by atoms with E-state index in [-0.39, 0.29) is 26.2 Å². The molecule has 1 heterocycles. The molecule has 0 radical (unpaired) electrons. The molecule has 0 unspecified atom stereocenters. The van der Waals surface area contributed by atoms with Gasteiger partial charge in [0.1, 0.15) is 5.78 Å². The van der Waals surface area contributed by atoms with E-state index in [4.69, 9.17) is 0 Å². The summed E-state index contributed by atoms with van der Waals surface area (Å²) in [6.07, 6.45) is 0.883. The monoisotopic (exact) mass is 251 g/mol. The lowest BCUT2D eigenvalue weighted by Gasteiger charge is -2.65. The molecular formula is C14H21NOS. The number of hydrogen-bond acceptors (Lipinski definition) is 3. The van der Waals surface area contributed by atoms with Gasteiger partial charge in [-0.3, -0.25) is 4.79 Å². The highest BCUT2D eigenvalue weighted by Crippen LogP contribution is 2.75. The van der Waals surface area contributed by atoms with E-state index in [0.717, 1.165) is 6.42 Å². The average Bonchev–Trinajstić information content (AvgIpc) is 2.50. The van der Waals surface area contributed by atoms with E-state index in [2.05, 4.69) is 19.9 Å². The van der Waals surface area contributed by atoms with Crippen LogP contribution in [0.5, 0.6) is 0 Å². The highest BCUT2D eigenvalue weighted by Gasteiger charge is 2.78. The fraction of sp³-hybridized carbons (Fsp3) is 0.857. The number of ketones is 1. The Balaban J connectivity index is 2.57. The van der Waals surface area contributed by atoms with Gasteiger partial charge in [-0.1, -0.05) is 41.5 Å². The third-order valence-corrected chi connectivity index (χ3v) is 7.12. The van der Waals surface area contributed by atoms with Gasteiger partial charge in [0.25, 0.3) is 0 Å². The number of carbonyl (C=O) groups is 1. The zero-order chi connectivity index (χ0) is 13.3. The number of carbonyl (C=O) groups excluding carboxylic acids is 1. The number of thioether (sulfide) groups is 1. The van der Waals surface area contributed by atoms with Crippen LogP contribution in [0.3, 0.4) is 0 Å². The molecule has 3 heteroatoms. The Morgan fingerprint density at radius 2 is 1.65 bits per heavy atom. The molecule has 2 rings (SSSR count). The second-order valence-electron chi connectivity index (χ2n) is 7.06. The van der Waals surface area contributed by atoms with Crippen LogP contribution in [0.25, 0.3) is 0 Å². The molecule has 0 aromatic rings. The van der Waals surface area contributed by atoms with E-state index in [1.54, 1.807) is 0 Å². The minimum atomic E-state index is -0.380. The van der Waals surface area contributed by atoms with Crippen LogP contribution in [0.1, 0.15) is 48.0 Å². The molecule has 1 saturated heterocycles. The lowest BCUT2D eigenvalue weighted by molar-refractivity contribution is -0.162. The van der Waals surface area contributed by atoms with Crippen LogP contribution in [0.4, 0.5) is 0 Å². The molecule has 1 aliphatic carbocycles. The largest absolute Gasteiger partial charge is 0.298 e. The van der Waals surface area contributed by atoms with Crippen molar-refractivity contribution in [1.29, 1.82) is 5.26 Å². The Morgan fingerprint density at radius 1 is 1.18 bits per heavy atom. The van der Waals surface area contributed by atoms with Crippen molar-refractivity contribution in [2.45, 2.75) is 57.5 Å². The predicted molar refractivity (Wildman–Crippen MR) is 70.7 cm³/mol. The van der Waals surface area contributed by atoms with Crippen LogP contribution in [0.2, 0.25) is 0 Å². The first-order valence-corrected chi connectivity index (χ1v) is 6.99. The number of Topliss-reactive ketones (excluding diaryl/α,β-unsaturated/α-hetero) is 1. The fourth-order valence-electron chi connectivity index (χ4n) is 4.28. The van der Waals surface area contributed by atoms with E-state index < -0.39 is 0 Å². The molecule has 0 amide bonds. The molecule has 17 heavy (non-hydrogen) atoms. The van der Waals surface area contributed by atoms with Gasteiger partial charge in [-0.15, -0.1) is 11.8 Å². The van der Waals surface area contributed by atoms with Crippen LogP contribution in [-0.4, -0.2) is 15.3 Å². The van der Waals surface area contributed by atoms with Crippen molar-refractivity contribution in [2.75, 3.05) is 0 Å². The van der Waals surface area contributed by atoms with E-state index >= 15 is 0 Å². The minimum Gasteiger partial charge on any atom is -0.298 e. The summed E-state index contributed by atoms with van der Waals surface area (Å²) in [5, 5.41) is 9.47. The number of nitriles is 1. The maximum Gasteiger partial charge on any atom is 0.146 e. The Kier molecular flexibility index (Phi) is 2.35. The standard InChI is InChI=1S/C14H21NOS/c1-11(2)7-9(8-15)14(17-11)12(3,4)10(16)13(14,5)6/h9H,7H2,1-6H3/t9-/m0/s1. The van der Waals surface area contributed by atoms with Gasteiger partial charge in [0.2, 0.25) is 0 Å². The Labute approximate surface area is 108 Å². The van der Waals surface area contributed by atoms with E-state index in [1.807, 2.05) is 39.5 Å². The van der Waals surface area contributed by atoms with Gasteiger partial charge in [-0.05, 0) is 6.42 Å². The molecule has 1 aliphatic heterocycles. The Hall–Kier alpha value is -0.490. The second kappa shape index (κ2) is 3.09. The summed E-state index contributed by atoms with van der Waals surface area (Å²) in [7, 11) is 0. The maximum absolute atomic E-state index is 12.3. The number of hydrogen-bond donors (Lipinski definition) is 0. The highest BCUT2D eigenvalue weighted by molar-refractivity contribution is 8.02. The average molecular weight is 251 g/mol. The first-order chi connectivity index (χ1) is 7.53. The third kappa shape index (κ3) is 1.20. The van der Waals surface area contributed by atoms with Crippen LogP contribution in [-0.2, 0) is 4.79 Å². The maximum atomic E-state index is 12.3. The molecule has 0 bridgehead atoms. The lowest BCUT2D eigenvalue weighted by atomic mass is 9.43. The van der Waals surface area contributed by atoms with E-state index in [1.165, 1.54) is 0 Å². The summed E-state index contributed by atoms with van der Waals surface area (Å²) >= 11 is 1.86. The van der Waals surface area contributed by atoms with Crippen molar-refractivity contribution in [3.8, 4) is 6.07 Å². The number of nitrogens with zero attached hydrogens (tertiary/aromatic N) is 1.